The van der Waals surface area contributed by atoms with Crippen molar-refractivity contribution in [2.75, 3.05) is 13.2 Å². The molecule has 0 radical (unpaired) electrons. The second-order valence-corrected chi connectivity index (χ2v) is 7.44. The number of rotatable bonds is 9. The van der Waals surface area contributed by atoms with E-state index < -0.39 is 80.6 Å². The van der Waals surface area contributed by atoms with Gasteiger partial charge in [0, 0.05) is 12.8 Å². The number of hydrogen-bond acceptors (Lipinski definition) is 12. The molecule has 0 aromatic heterocycles. The third-order valence-electron chi connectivity index (χ3n) is 5.15. The summed E-state index contributed by atoms with van der Waals surface area (Å²) in [7, 11) is 0. The Labute approximate surface area is 178 Å². The number of aliphatic hydroxyl groups excluding tert-OH is 7. The molecule has 0 bridgehead atoms. The predicted molar refractivity (Wildman–Crippen MR) is 99.8 cm³/mol. The molecule has 12 heteroatoms. The van der Waals surface area contributed by atoms with E-state index in [2.05, 4.69) is 5.92 Å². The highest BCUT2D eigenvalue weighted by atomic mass is 16.8. The standard InChI is InChI=1S/C19H30O12/c1-2-3-4-5-6-11(21)28-8-10-13(23)15(25)17(27)19(30-10)31-18-16(26)14(24)12(22)9(7-20)29-18/h1,9-10,12-20,22-27H,3-8H2. The summed E-state index contributed by atoms with van der Waals surface area (Å²) in [5.74, 6) is 1.88. The molecule has 0 aromatic carbocycles. The van der Waals surface area contributed by atoms with Crippen LogP contribution in [-0.2, 0) is 23.7 Å². The lowest BCUT2D eigenvalue weighted by molar-refractivity contribution is -0.376. The first-order chi connectivity index (χ1) is 14.7. The zero-order valence-corrected chi connectivity index (χ0v) is 16.8. The zero-order valence-electron chi connectivity index (χ0n) is 16.8. The molecule has 10 atom stereocenters. The largest absolute Gasteiger partial charge is 0.463 e. The van der Waals surface area contributed by atoms with Crippen molar-refractivity contribution >= 4 is 5.97 Å². The number of carbonyl (C=O) groups is 1. The van der Waals surface area contributed by atoms with Crippen LogP contribution in [0, 0.1) is 12.3 Å². The second-order valence-electron chi connectivity index (χ2n) is 7.44. The predicted octanol–water partition coefficient (Wildman–Crippen LogP) is -3.65. The third-order valence-corrected chi connectivity index (χ3v) is 5.15. The van der Waals surface area contributed by atoms with Crippen LogP contribution in [0.15, 0.2) is 0 Å². The van der Waals surface area contributed by atoms with Gasteiger partial charge in [-0.25, -0.2) is 0 Å². The summed E-state index contributed by atoms with van der Waals surface area (Å²) in [5, 5.41) is 69.2. The Morgan fingerprint density at radius 2 is 1.39 bits per heavy atom. The van der Waals surface area contributed by atoms with Gasteiger partial charge in [-0.3, -0.25) is 4.79 Å². The number of carbonyl (C=O) groups excluding carboxylic acids is 1. The number of terminal acetylenes is 1. The van der Waals surface area contributed by atoms with Gasteiger partial charge in [0.05, 0.1) is 6.61 Å². The highest BCUT2D eigenvalue weighted by molar-refractivity contribution is 5.69. The number of ether oxygens (including phenoxy) is 4. The van der Waals surface area contributed by atoms with Crippen molar-refractivity contribution in [3.8, 4) is 12.3 Å². The van der Waals surface area contributed by atoms with Crippen molar-refractivity contribution in [3.05, 3.63) is 0 Å². The van der Waals surface area contributed by atoms with E-state index in [1.807, 2.05) is 0 Å². The minimum absolute atomic E-state index is 0.0977. The first-order valence-corrected chi connectivity index (χ1v) is 9.96. The number of unbranched alkanes of at least 4 members (excludes halogenated alkanes) is 2. The van der Waals surface area contributed by atoms with Crippen molar-refractivity contribution in [2.45, 2.75) is 87.1 Å². The summed E-state index contributed by atoms with van der Waals surface area (Å²) in [6.45, 7) is -1.15. The molecule has 7 N–H and O–H groups in total. The monoisotopic (exact) mass is 450 g/mol. The van der Waals surface area contributed by atoms with E-state index in [1.165, 1.54) is 0 Å². The number of aliphatic hydroxyl groups is 7. The lowest BCUT2D eigenvalue weighted by Gasteiger charge is -2.44. The fourth-order valence-electron chi connectivity index (χ4n) is 3.22. The Hall–Kier alpha value is -1.37. The Morgan fingerprint density at radius 3 is 1.94 bits per heavy atom. The lowest BCUT2D eigenvalue weighted by Crippen LogP contribution is -2.63. The maximum atomic E-state index is 11.8. The smallest absolute Gasteiger partial charge is 0.305 e. The quantitative estimate of drug-likeness (QED) is 0.103. The van der Waals surface area contributed by atoms with Gasteiger partial charge in [-0.2, -0.15) is 0 Å². The van der Waals surface area contributed by atoms with Crippen molar-refractivity contribution in [3.63, 3.8) is 0 Å². The molecule has 10 unspecified atom stereocenters. The van der Waals surface area contributed by atoms with Gasteiger partial charge >= 0.3 is 5.97 Å². The van der Waals surface area contributed by atoms with Gasteiger partial charge in [-0.15, -0.1) is 12.3 Å². The summed E-state index contributed by atoms with van der Waals surface area (Å²) >= 11 is 0. The van der Waals surface area contributed by atoms with Crippen molar-refractivity contribution in [1.82, 2.24) is 0 Å². The molecule has 2 fully saturated rings. The van der Waals surface area contributed by atoms with E-state index in [0.29, 0.717) is 19.3 Å². The molecular formula is C19H30O12. The van der Waals surface area contributed by atoms with Crippen LogP contribution in [0.5, 0.6) is 0 Å². The Morgan fingerprint density at radius 1 is 0.839 bits per heavy atom. The molecule has 2 rings (SSSR count). The summed E-state index contributed by atoms with van der Waals surface area (Å²) in [6, 6.07) is 0. The van der Waals surface area contributed by atoms with Crippen LogP contribution in [0.2, 0.25) is 0 Å². The Kier molecular flexibility index (Phi) is 10.0. The van der Waals surface area contributed by atoms with Crippen LogP contribution >= 0.6 is 0 Å². The number of esters is 1. The van der Waals surface area contributed by atoms with Gasteiger partial charge in [0.2, 0.25) is 0 Å². The van der Waals surface area contributed by atoms with E-state index in [1.54, 1.807) is 0 Å². The fraction of sp³-hybridized carbons (Fsp3) is 0.842. The Bertz CT molecular complexity index is 607. The van der Waals surface area contributed by atoms with Gasteiger partial charge in [0.25, 0.3) is 0 Å². The zero-order chi connectivity index (χ0) is 23.1. The summed E-state index contributed by atoms with van der Waals surface area (Å²) in [6.07, 6.45) is -9.16. The molecular weight excluding hydrogens is 420 g/mol. The summed E-state index contributed by atoms with van der Waals surface area (Å²) in [4.78, 5) is 11.8. The minimum Gasteiger partial charge on any atom is -0.463 e. The van der Waals surface area contributed by atoms with E-state index in [0.717, 1.165) is 0 Å². The van der Waals surface area contributed by atoms with Crippen LogP contribution in [0.4, 0.5) is 0 Å². The highest BCUT2D eigenvalue weighted by Gasteiger charge is 2.49. The first-order valence-electron chi connectivity index (χ1n) is 9.96. The van der Waals surface area contributed by atoms with E-state index in [9.17, 15) is 40.5 Å². The minimum atomic E-state index is -1.78. The molecule has 0 spiro atoms. The topological polar surface area (TPSA) is 196 Å². The first kappa shape index (κ1) is 25.9. The average molecular weight is 450 g/mol. The lowest BCUT2D eigenvalue weighted by atomic mass is 9.98. The third kappa shape index (κ3) is 6.56. The van der Waals surface area contributed by atoms with Gasteiger partial charge in [0.1, 0.15) is 55.4 Å². The fourth-order valence-corrected chi connectivity index (χ4v) is 3.22. The molecule has 0 aliphatic carbocycles. The van der Waals surface area contributed by atoms with Crippen LogP contribution in [0.1, 0.15) is 25.7 Å². The maximum absolute atomic E-state index is 11.8. The maximum Gasteiger partial charge on any atom is 0.305 e. The molecule has 2 saturated heterocycles. The highest BCUT2D eigenvalue weighted by Crippen LogP contribution is 2.28. The summed E-state index contributed by atoms with van der Waals surface area (Å²) in [5.41, 5.74) is 0. The molecule has 12 nitrogen and oxygen atoms in total. The molecule has 0 saturated carbocycles. The molecule has 0 aromatic rings. The molecule has 31 heavy (non-hydrogen) atoms. The van der Waals surface area contributed by atoms with Crippen LogP contribution in [0.3, 0.4) is 0 Å². The van der Waals surface area contributed by atoms with Gasteiger partial charge in [-0.1, -0.05) is 0 Å². The van der Waals surface area contributed by atoms with E-state index in [-0.39, 0.29) is 6.42 Å². The second kappa shape index (κ2) is 12.0. The SMILES string of the molecule is C#CCCCCC(=O)OCC1OC(OC2OC(CO)C(O)C(O)C2O)C(O)C(O)C1O. The van der Waals surface area contributed by atoms with Gasteiger partial charge < -0.3 is 54.7 Å². The number of hydrogen-bond donors (Lipinski definition) is 7. The van der Waals surface area contributed by atoms with Crippen molar-refractivity contribution in [2.24, 2.45) is 0 Å². The van der Waals surface area contributed by atoms with Crippen molar-refractivity contribution < 1.29 is 59.5 Å². The van der Waals surface area contributed by atoms with Crippen LogP contribution in [-0.4, -0.2) is 116 Å². The van der Waals surface area contributed by atoms with Gasteiger partial charge in [-0.05, 0) is 12.8 Å². The van der Waals surface area contributed by atoms with Crippen LogP contribution < -0.4 is 0 Å². The molecule has 2 aliphatic rings. The normalized spacial score (nSPS) is 40.8. The summed E-state index contributed by atoms with van der Waals surface area (Å²) < 4.78 is 20.9. The molecule has 2 aliphatic heterocycles. The average Bonchev–Trinajstić information content (AvgIpc) is 2.76. The van der Waals surface area contributed by atoms with Crippen LogP contribution in [0.25, 0.3) is 0 Å². The molecule has 0 amide bonds. The van der Waals surface area contributed by atoms with E-state index >= 15 is 0 Å². The van der Waals surface area contributed by atoms with Crippen molar-refractivity contribution in [1.29, 1.82) is 0 Å². The van der Waals surface area contributed by atoms with Gasteiger partial charge in [0.15, 0.2) is 12.6 Å². The molecule has 178 valence electrons. The Balaban J connectivity index is 1.94. The van der Waals surface area contributed by atoms with E-state index in [4.69, 9.17) is 25.4 Å². The molecule has 2 heterocycles.